The fraction of sp³-hybridized carbons (Fsp3) is 0. The molecular formula is C39H26N2O. The van der Waals surface area contributed by atoms with Gasteiger partial charge in [0.1, 0.15) is 11.1 Å². The number of fused-ring (bicyclic) bond motifs is 4. The predicted molar refractivity (Wildman–Crippen MR) is 175 cm³/mol. The van der Waals surface area contributed by atoms with E-state index in [0.29, 0.717) is 0 Å². The zero-order valence-electron chi connectivity index (χ0n) is 22.8. The number of furan rings is 1. The first-order valence-electron chi connectivity index (χ1n) is 14.1. The molecule has 0 aliphatic heterocycles. The number of nitrogens with zero attached hydrogens (tertiary/aromatic N) is 2. The Morgan fingerprint density at radius 1 is 0.476 bits per heavy atom. The van der Waals surface area contributed by atoms with Crippen molar-refractivity contribution in [3.05, 3.63) is 158 Å². The summed E-state index contributed by atoms with van der Waals surface area (Å²) >= 11 is 0. The molecule has 3 nitrogen and oxygen atoms in total. The molecule has 0 atom stereocenters. The summed E-state index contributed by atoms with van der Waals surface area (Å²) < 4.78 is 6.22. The van der Waals surface area contributed by atoms with E-state index >= 15 is 0 Å². The maximum absolute atomic E-state index is 6.22. The summed E-state index contributed by atoms with van der Waals surface area (Å²) in [4.78, 5) is 7.02. The maximum Gasteiger partial charge on any atom is 0.153 e. The van der Waals surface area contributed by atoms with Gasteiger partial charge in [0.05, 0.1) is 11.1 Å². The molecule has 0 aliphatic rings. The van der Waals surface area contributed by atoms with Crippen LogP contribution in [-0.2, 0) is 0 Å². The van der Waals surface area contributed by atoms with Crippen molar-refractivity contribution in [3.8, 4) is 22.3 Å². The van der Waals surface area contributed by atoms with Gasteiger partial charge in [0.25, 0.3) is 0 Å². The van der Waals surface area contributed by atoms with Crippen molar-refractivity contribution in [3.63, 3.8) is 0 Å². The summed E-state index contributed by atoms with van der Waals surface area (Å²) in [6.07, 6.45) is 1.83. The summed E-state index contributed by atoms with van der Waals surface area (Å²) in [6.45, 7) is 0. The van der Waals surface area contributed by atoms with Crippen LogP contribution in [0.2, 0.25) is 0 Å². The maximum atomic E-state index is 6.22. The average molecular weight is 539 g/mol. The van der Waals surface area contributed by atoms with Crippen LogP contribution in [0.25, 0.3) is 55.1 Å². The molecular weight excluding hydrogens is 512 g/mol. The molecule has 6 aromatic carbocycles. The Bertz CT molecular complexity index is 2170. The van der Waals surface area contributed by atoms with E-state index in [4.69, 9.17) is 9.40 Å². The SMILES string of the molecule is c1ccc(-c2ccc(N(c3ccc(-c4cccc5ccccc45)cc3)c3cccc4oc5cccnc5c34)cc2)cc1. The molecule has 0 aliphatic carbocycles. The third-order valence-electron chi connectivity index (χ3n) is 7.93. The van der Waals surface area contributed by atoms with Gasteiger partial charge >= 0.3 is 0 Å². The number of anilines is 3. The molecule has 42 heavy (non-hydrogen) atoms. The average Bonchev–Trinajstić information content (AvgIpc) is 3.45. The van der Waals surface area contributed by atoms with Crippen LogP contribution in [0.15, 0.2) is 162 Å². The van der Waals surface area contributed by atoms with Gasteiger partial charge in [-0.25, -0.2) is 0 Å². The third kappa shape index (κ3) is 4.11. The van der Waals surface area contributed by atoms with Crippen molar-refractivity contribution >= 4 is 49.9 Å². The minimum atomic E-state index is 0.783. The van der Waals surface area contributed by atoms with E-state index in [9.17, 15) is 0 Å². The number of pyridine rings is 1. The molecule has 0 bridgehead atoms. The fourth-order valence-corrected chi connectivity index (χ4v) is 5.94. The van der Waals surface area contributed by atoms with E-state index in [1.165, 1.54) is 33.0 Å². The second-order valence-corrected chi connectivity index (χ2v) is 10.4. The molecule has 0 amide bonds. The van der Waals surface area contributed by atoms with Crippen LogP contribution in [0.4, 0.5) is 17.1 Å². The van der Waals surface area contributed by atoms with Crippen LogP contribution < -0.4 is 4.90 Å². The largest absolute Gasteiger partial charge is 0.454 e. The molecule has 0 radical (unpaired) electrons. The topological polar surface area (TPSA) is 29.3 Å². The second kappa shape index (κ2) is 10.1. The molecule has 0 fully saturated rings. The van der Waals surface area contributed by atoms with Crippen molar-refractivity contribution in [2.75, 3.05) is 4.90 Å². The van der Waals surface area contributed by atoms with E-state index in [1.54, 1.807) is 0 Å². The van der Waals surface area contributed by atoms with Crippen LogP contribution in [0.5, 0.6) is 0 Å². The summed E-state index contributed by atoms with van der Waals surface area (Å²) in [5, 5.41) is 3.49. The summed E-state index contributed by atoms with van der Waals surface area (Å²) in [6, 6.07) is 53.2. The number of aromatic nitrogens is 1. The molecule has 8 aromatic rings. The molecule has 2 heterocycles. The smallest absolute Gasteiger partial charge is 0.153 e. The number of hydrogen-bond acceptors (Lipinski definition) is 3. The van der Waals surface area contributed by atoms with Crippen molar-refractivity contribution in [1.29, 1.82) is 0 Å². The summed E-state index contributed by atoms with van der Waals surface area (Å²) in [5.41, 5.74) is 10.4. The highest BCUT2D eigenvalue weighted by atomic mass is 16.3. The van der Waals surface area contributed by atoms with Gasteiger partial charge in [-0.05, 0) is 81.6 Å². The van der Waals surface area contributed by atoms with Gasteiger partial charge in [-0.15, -0.1) is 0 Å². The van der Waals surface area contributed by atoms with Crippen molar-refractivity contribution in [1.82, 2.24) is 4.98 Å². The van der Waals surface area contributed by atoms with E-state index in [0.717, 1.165) is 39.1 Å². The zero-order chi connectivity index (χ0) is 27.9. The zero-order valence-corrected chi connectivity index (χ0v) is 22.8. The standard InChI is InChI=1S/C39H26N2O/c1-2-9-27(10-3-1)28-18-22-31(23-19-28)41(35-15-7-16-36-38(35)39-37(42-36)17-8-26-40-39)32-24-20-30(21-25-32)34-14-6-12-29-11-4-5-13-33(29)34/h1-26H. The predicted octanol–water partition coefficient (Wildman–Crippen LogP) is 10.9. The Morgan fingerprint density at radius 3 is 1.93 bits per heavy atom. The lowest BCUT2D eigenvalue weighted by molar-refractivity contribution is 0.668. The van der Waals surface area contributed by atoms with Crippen LogP contribution in [0.1, 0.15) is 0 Å². The van der Waals surface area contributed by atoms with E-state index in [2.05, 4.69) is 132 Å². The highest BCUT2D eigenvalue weighted by molar-refractivity contribution is 6.11. The van der Waals surface area contributed by atoms with Crippen molar-refractivity contribution < 1.29 is 4.42 Å². The van der Waals surface area contributed by atoms with E-state index < -0.39 is 0 Å². The molecule has 198 valence electrons. The van der Waals surface area contributed by atoms with Gasteiger partial charge in [0.2, 0.25) is 0 Å². The monoisotopic (exact) mass is 538 g/mol. The normalized spacial score (nSPS) is 11.3. The number of benzene rings is 6. The van der Waals surface area contributed by atoms with Crippen LogP contribution in [0, 0.1) is 0 Å². The molecule has 0 spiro atoms. The minimum absolute atomic E-state index is 0.783. The summed E-state index contributed by atoms with van der Waals surface area (Å²) in [7, 11) is 0. The first-order valence-corrected chi connectivity index (χ1v) is 14.1. The lowest BCUT2D eigenvalue weighted by atomic mass is 9.98. The van der Waals surface area contributed by atoms with Crippen LogP contribution in [0.3, 0.4) is 0 Å². The van der Waals surface area contributed by atoms with Gasteiger partial charge in [-0.1, -0.05) is 103 Å². The molecule has 3 heteroatoms. The molecule has 0 saturated carbocycles. The van der Waals surface area contributed by atoms with E-state index in [1.807, 2.05) is 30.5 Å². The quantitative estimate of drug-likeness (QED) is 0.218. The molecule has 0 N–H and O–H groups in total. The van der Waals surface area contributed by atoms with Gasteiger partial charge in [-0.2, -0.15) is 0 Å². The van der Waals surface area contributed by atoms with Crippen molar-refractivity contribution in [2.45, 2.75) is 0 Å². The first-order chi connectivity index (χ1) is 20.8. The molecule has 0 unspecified atom stereocenters. The third-order valence-corrected chi connectivity index (χ3v) is 7.93. The van der Waals surface area contributed by atoms with E-state index in [-0.39, 0.29) is 0 Å². The number of rotatable bonds is 5. The van der Waals surface area contributed by atoms with Crippen LogP contribution in [-0.4, -0.2) is 4.98 Å². The van der Waals surface area contributed by atoms with Crippen LogP contribution >= 0.6 is 0 Å². The number of hydrogen-bond donors (Lipinski definition) is 0. The lowest BCUT2D eigenvalue weighted by Gasteiger charge is -2.26. The minimum Gasteiger partial charge on any atom is -0.454 e. The fourth-order valence-electron chi connectivity index (χ4n) is 5.94. The Morgan fingerprint density at radius 2 is 1.12 bits per heavy atom. The Labute approximate surface area is 243 Å². The van der Waals surface area contributed by atoms with Crippen molar-refractivity contribution in [2.24, 2.45) is 0 Å². The van der Waals surface area contributed by atoms with Gasteiger partial charge in [0, 0.05) is 17.6 Å². The molecule has 2 aromatic heterocycles. The Balaban J connectivity index is 1.29. The first kappa shape index (κ1) is 24.2. The Hall–Kier alpha value is -5.67. The van der Waals surface area contributed by atoms with Gasteiger partial charge < -0.3 is 9.32 Å². The highest BCUT2D eigenvalue weighted by Crippen LogP contribution is 2.43. The Kier molecular flexibility index (Phi) is 5.79. The van der Waals surface area contributed by atoms with Gasteiger partial charge in [0.15, 0.2) is 5.58 Å². The van der Waals surface area contributed by atoms with Gasteiger partial charge in [-0.3, -0.25) is 4.98 Å². The lowest BCUT2D eigenvalue weighted by Crippen LogP contribution is -2.10. The molecule has 0 saturated heterocycles. The second-order valence-electron chi connectivity index (χ2n) is 10.4. The summed E-state index contributed by atoms with van der Waals surface area (Å²) in [5.74, 6) is 0. The molecule has 8 rings (SSSR count). The highest BCUT2D eigenvalue weighted by Gasteiger charge is 2.20.